The second-order valence-electron chi connectivity index (χ2n) is 7.33. The molecule has 0 bridgehead atoms. The number of hydrogen-bond acceptors (Lipinski definition) is 3. The number of halogens is 2. The maximum atomic E-state index is 12.0. The average molecular weight is 357 g/mol. The van der Waals surface area contributed by atoms with E-state index >= 15 is 0 Å². The zero-order valence-electron chi connectivity index (χ0n) is 13.6. The number of hydrogen-bond donors (Lipinski definition) is 1. The fourth-order valence-electron chi connectivity index (χ4n) is 3.22. The van der Waals surface area contributed by atoms with Gasteiger partial charge in [-0.15, -0.1) is 0 Å². The SMILES string of the molecule is CC(C)(C)OC(=O)N1CC2C(C1)C2NCc1cccc(Cl)c1Cl. The number of ether oxygens (including phenoxy) is 1. The molecule has 1 aromatic rings. The van der Waals surface area contributed by atoms with Crippen molar-refractivity contribution in [3.63, 3.8) is 0 Å². The van der Waals surface area contributed by atoms with Crippen molar-refractivity contribution in [3.05, 3.63) is 33.8 Å². The number of likely N-dealkylation sites (tertiary alicyclic amines) is 1. The van der Waals surface area contributed by atoms with Crippen molar-refractivity contribution in [2.75, 3.05) is 13.1 Å². The number of carbonyl (C=O) groups excluding carboxylic acids is 1. The highest BCUT2D eigenvalue weighted by Crippen LogP contribution is 2.46. The van der Waals surface area contributed by atoms with Crippen LogP contribution in [-0.2, 0) is 11.3 Å². The molecule has 1 N–H and O–H groups in total. The first-order valence-corrected chi connectivity index (χ1v) is 8.66. The third-order valence-electron chi connectivity index (χ3n) is 4.41. The Balaban J connectivity index is 1.47. The Kier molecular flexibility index (Phi) is 4.51. The number of nitrogens with zero attached hydrogens (tertiary/aromatic N) is 1. The van der Waals surface area contributed by atoms with E-state index in [4.69, 9.17) is 27.9 Å². The van der Waals surface area contributed by atoms with Gasteiger partial charge in [-0.2, -0.15) is 0 Å². The molecule has 126 valence electrons. The summed E-state index contributed by atoms with van der Waals surface area (Å²) in [6.45, 7) is 7.90. The zero-order chi connectivity index (χ0) is 16.8. The molecule has 3 rings (SSSR count). The van der Waals surface area contributed by atoms with Crippen molar-refractivity contribution in [3.8, 4) is 0 Å². The first-order chi connectivity index (χ1) is 10.8. The Morgan fingerprint density at radius 3 is 2.57 bits per heavy atom. The summed E-state index contributed by atoms with van der Waals surface area (Å²) in [5.41, 5.74) is 0.568. The summed E-state index contributed by atoms with van der Waals surface area (Å²) in [4.78, 5) is 13.9. The summed E-state index contributed by atoms with van der Waals surface area (Å²) in [7, 11) is 0. The van der Waals surface area contributed by atoms with Gasteiger partial charge in [-0.25, -0.2) is 4.79 Å². The van der Waals surface area contributed by atoms with Crippen LogP contribution < -0.4 is 5.32 Å². The molecule has 1 saturated heterocycles. The van der Waals surface area contributed by atoms with Crippen LogP contribution in [0.5, 0.6) is 0 Å². The Labute approximate surface area is 147 Å². The Bertz CT molecular complexity index is 603. The third kappa shape index (κ3) is 3.76. The topological polar surface area (TPSA) is 41.6 Å². The van der Waals surface area contributed by atoms with Gasteiger partial charge in [0.05, 0.1) is 10.0 Å². The number of piperidine rings is 1. The predicted molar refractivity (Wildman–Crippen MR) is 91.9 cm³/mol. The smallest absolute Gasteiger partial charge is 0.410 e. The molecule has 4 nitrogen and oxygen atoms in total. The number of rotatable bonds is 3. The summed E-state index contributed by atoms with van der Waals surface area (Å²) in [5, 5.41) is 4.72. The van der Waals surface area contributed by atoms with Gasteiger partial charge in [-0.1, -0.05) is 35.3 Å². The van der Waals surface area contributed by atoms with Crippen LogP contribution in [0.4, 0.5) is 4.79 Å². The van der Waals surface area contributed by atoms with Crippen LogP contribution in [0.1, 0.15) is 26.3 Å². The lowest BCUT2D eigenvalue weighted by atomic mass is 10.2. The van der Waals surface area contributed by atoms with Gasteiger partial charge in [-0.05, 0) is 44.2 Å². The van der Waals surface area contributed by atoms with Crippen LogP contribution in [-0.4, -0.2) is 35.7 Å². The minimum absolute atomic E-state index is 0.207. The minimum atomic E-state index is -0.440. The van der Waals surface area contributed by atoms with E-state index in [9.17, 15) is 4.79 Å². The number of amides is 1. The highest BCUT2D eigenvalue weighted by atomic mass is 35.5. The van der Waals surface area contributed by atoms with Gasteiger partial charge in [0.1, 0.15) is 5.60 Å². The molecule has 2 atom stereocenters. The lowest BCUT2D eigenvalue weighted by molar-refractivity contribution is 0.0269. The summed E-state index contributed by atoms with van der Waals surface area (Å²) in [5.74, 6) is 1.03. The van der Waals surface area contributed by atoms with Crippen molar-refractivity contribution in [1.29, 1.82) is 0 Å². The molecule has 1 heterocycles. The lowest BCUT2D eigenvalue weighted by Crippen LogP contribution is -2.39. The molecular weight excluding hydrogens is 335 g/mol. The Morgan fingerprint density at radius 2 is 1.96 bits per heavy atom. The van der Waals surface area contributed by atoms with E-state index in [1.165, 1.54) is 0 Å². The first kappa shape index (κ1) is 16.9. The molecule has 1 saturated carbocycles. The van der Waals surface area contributed by atoms with Crippen LogP contribution >= 0.6 is 23.2 Å². The fraction of sp³-hybridized carbons (Fsp3) is 0.588. The van der Waals surface area contributed by atoms with E-state index in [1.807, 2.05) is 37.8 Å². The van der Waals surface area contributed by atoms with Crippen molar-refractivity contribution < 1.29 is 9.53 Å². The number of benzene rings is 1. The molecule has 0 aromatic heterocycles. The number of fused-ring (bicyclic) bond motifs is 1. The van der Waals surface area contributed by atoms with Crippen LogP contribution in [0.25, 0.3) is 0 Å². The van der Waals surface area contributed by atoms with Gasteiger partial charge < -0.3 is 15.0 Å². The third-order valence-corrected chi connectivity index (χ3v) is 5.26. The summed E-state index contributed by atoms with van der Waals surface area (Å²) < 4.78 is 5.42. The fourth-order valence-corrected chi connectivity index (χ4v) is 3.60. The van der Waals surface area contributed by atoms with Gasteiger partial charge in [0.25, 0.3) is 0 Å². The Morgan fingerprint density at radius 1 is 1.30 bits per heavy atom. The molecule has 1 aliphatic heterocycles. The summed E-state index contributed by atoms with van der Waals surface area (Å²) in [6.07, 6.45) is -0.207. The highest BCUT2D eigenvalue weighted by molar-refractivity contribution is 6.42. The summed E-state index contributed by atoms with van der Waals surface area (Å²) >= 11 is 12.2. The normalized spacial score (nSPS) is 26.1. The lowest BCUT2D eigenvalue weighted by Gasteiger charge is -2.26. The standard InChI is InChI=1S/C17H22Cl2N2O2/c1-17(2,3)23-16(22)21-8-11-12(9-21)15(11)20-7-10-5-4-6-13(18)14(10)19/h4-6,11-12,15,20H,7-9H2,1-3H3. The molecule has 1 amide bonds. The van der Waals surface area contributed by atoms with Crippen molar-refractivity contribution in [1.82, 2.24) is 10.2 Å². The monoisotopic (exact) mass is 356 g/mol. The quantitative estimate of drug-likeness (QED) is 0.891. The van der Waals surface area contributed by atoms with Gasteiger partial charge in [-0.3, -0.25) is 0 Å². The molecule has 1 aromatic carbocycles. The number of nitrogens with one attached hydrogen (secondary N) is 1. The molecule has 6 heteroatoms. The van der Waals surface area contributed by atoms with Gasteiger partial charge in [0.2, 0.25) is 0 Å². The molecule has 0 radical (unpaired) electrons. The molecular formula is C17H22Cl2N2O2. The van der Waals surface area contributed by atoms with Crippen molar-refractivity contribution in [2.24, 2.45) is 11.8 Å². The molecule has 1 aliphatic carbocycles. The van der Waals surface area contributed by atoms with Crippen LogP contribution in [0.2, 0.25) is 10.0 Å². The van der Waals surface area contributed by atoms with E-state index in [-0.39, 0.29) is 6.09 Å². The average Bonchev–Trinajstić information content (AvgIpc) is 2.90. The molecule has 2 unspecified atom stereocenters. The van der Waals surface area contributed by atoms with Gasteiger partial charge in [0, 0.05) is 25.7 Å². The highest BCUT2D eigenvalue weighted by Gasteiger charge is 2.56. The largest absolute Gasteiger partial charge is 0.444 e. The van der Waals surface area contributed by atoms with Crippen LogP contribution in [0.15, 0.2) is 18.2 Å². The van der Waals surface area contributed by atoms with Crippen LogP contribution in [0, 0.1) is 11.8 Å². The molecule has 23 heavy (non-hydrogen) atoms. The van der Waals surface area contributed by atoms with E-state index in [1.54, 1.807) is 6.07 Å². The number of carbonyl (C=O) groups is 1. The van der Waals surface area contributed by atoms with E-state index in [2.05, 4.69) is 5.32 Å². The van der Waals surface area contributed by atoms with E-state index in [0.717, 1.165) is 18.7 Å². The van der Waals surface area contributed by atoms with E-state index in [0.29, 0.717) is 34.5 Å². The predicted octanol–water partition coefficient (Wildman–Crippen LogP) is 3.95. The molecule has 2 fully saturated rings. The second-order valence-corrected chi connectivity index (χ2v) is 8.12. The summed E-state index contributed by atoms with van der Waals surface area (Å²) in [6, 6.07) is 6.12. The first-order valence-electron chi connectivity index (χ1n) is 7.90. The van der Waals surface area contributed by atoms with Gasteiger partial charge in [0.15, 0.2) is 0 Å². The van der Waals surface area contributed by atoms with Crippen LogP contribution in [0.3, 0.4) is 0 Å². The maximum absolute atomic E-state index is 12.0. The molecule has 2 aliphatic rings. The zero-order valence-corrected chi connectivity index (χ0v) is 15.1. The van der Waals surface area contributed by atoms with Crippen molar-refractivity contribution in [2.45, 2.75) is 39.0 Å². The van der Waals surface area contributed by atoms with Crippen molar-refractivity contribution >= 4 is 29.3 Å². The van der Waals surface area contributed by atoms with E-state index < -0.39 is 5.60 Å². The maximum Gasteiger partial charge on any atom is 0.410 e. The second kappa shape index (κ2) is 6.15. The Hall–Kier alpha value is -0.970. The molecule has 0 spiro atoms. The van der Waals surface area contributed by atoms with Gasteiger partial charge >= 0.3 is 6.09 Å². The minimum Gasteiger partial charge on any atom is -0.444 e.